The summed E-state index contributed by atoms with van der Waals surface area (Å²) in [7, 11) is 0. The third kappa shape index (κ3) is 45.6. The Morgan fingerprint density at radius 2 is 0.750 bits per heavy atom. The zero-order valence-electron chi connectivity index (χ0n) is 69.6. The second-order valence-electron chi connectivity index (χ2n) is 24.8. The van der Waals surface area contributed by atoms with Gasteiger partial charge in [-0.25, -0.2) is 39.9 Å². The number of carbonyl (C=O) groups is 3. The molecule has 8 N–H and O–H groups in total. The molecular formula is C83H84Cl3F12K7N16O3. The molecular weight excluding hydrogens is 1880 g/mol. The first-order chi connectivity index (χ1) is 56.5. The van der Waals surface area contributed by atoms with Crippen molar-refractivity contribution in [1.29, 1.82) is 0 Å². The van der Waals surface area contributed by atoms with E-state index in [1.54, 1.807) is 112 Å². The van der Waals surface area contributed by atoms with Crippen LogP contribution in [0.1, 0.15) is 186 Å². The van der Waals surface area contributed by atoms with Crippen molar-refractivity contribution >= 4 is 248 Å². The number of primary amides is 3. The van der Waals surface area contributed by atoms with Gasteiger partial charge in [0, 0.05) is 96.5 Å². The van der Waals surface area contributed by atoms with Gasteiger partial charge in [-0.15, -0.1) is 6.42 Å². The van der Waals surface area contributed by atoms with E-state index in [0.29, 0.717) is 41.3 Å². The van der Waals surface area contributed by atoms with E-state index in [1.165, 1.54) is 189 Å². The van der Waals surface area contributed by atoms with Crippen LogP contribution in [0.5, 0.6) is 0 Å². The SMILES string of the molecule is C.C.C.C#Cc1ccccc1C(C)C(N)=O.Cc1ccc(Cc2ncc(C(F)(F)F)c(C#Cc3ccccc3C(C)C(N)=O)n2)cn1.Cc1ccc(Cc2ncc(C(F)(F)F)c(CCc3ccccc3C(C)C(N)=O)n2)cn1.Cc1ccc(Cc2ncc(C(F)(F)F)c(Cl)n2)cn1.Cc1ccc(N)cn1.FC(F)(F)c1cnc(Cl)nc1Cl.[H-].[K+].[K][K].[K][K].[K][K]. The van der Waals surface area contributed by atoms with Gasteiger partial charge in [-0.1, -0.05) is 136 Å². The minimum absolute atomic E-state index is 0. The van der Waals surface area contributed by atoms with Crippen molar-refractivity contribution in [1.82, 2.24) is 59.8 Å². The summed E-state index contributed by atoms with van der Waals surface area (Å²) in [6.07, 6.45) is -2.48. The molecule has 8 aromatic heterocycles. The molecule has 3 amide bonds. The molecule has 626 valence electrons. The number of terminal acetylenes is 1. The van der Waals surface area contributed by atoms with Crippen molar-refractivity contribution in [3.63, 3.8) is 0 Å². The summed E-state index contributed by atoms with van der Waals surface area (Å²) in [5, 5.41) is -1.59. The first kappa shape index (κ1) is 125. The molecule has 0 saturated heterocycles. The first-order valence-corrected chi connectivity index (χ1v) is 85.9. The van der Waals surface area contributed by atoms with Crippen molar-refractivity contribution in [2.45, 2.75) is 145 Å². The number of hydrogen-bond acceptors (Lipinski definition) is 16. The summed E-state index contributed by atoms with van der Waals surface area (Å²) < 4.78 is 154. The average molecular weight is 1960 g/mol. The number of hydrogen-bond donors (Lipinski definition) is 4. The molecule has 0 aliphatic rings. The van der Waals surface area contributed by atoms with Gasteiger partial charge in [0.05, 0.1) is 40.9 Å². The van der Waals surface area contributed by atoms with Gasteiger partial charge in [0.2, 0.25) is 23.0 Å². The Labute approximate surface area is 909 Å². The average Bonchev–Trinajstić information content (AvgIpc) is 0.810. The number of aromatic nitrogens is 12. The van der Waals surface area contributed by atoms with Crippen LogP contribution in [-0.4, -0.2) is 267 Å². The topological polar surface area (TPSA) is 310 Å². The summed E-state index contributed by atoms with van der Waals surface area (Å²) >= 11 is 23.4. The van der Waals surface area contributed by atoms with Crippen molar-refractivity contribution in [3.05, 3.63) is 310 Å². The van der Waals surface area contributed by atoms with Crippen LogP contribution in [0.3, 0.4) is 0 Å². The van der Waals surface area contributed by atoms with Crippen molar-refractivity contribution < 1.29 is 120 Å². The minimum atomic E-state index is -4.66. The number of nitrogens with zero attached hydrogens (tertiary/aromatic N) is 12. The van der Waals surface area contributed by atoms with Crippen LogP contribution >= 0.6 is 34.8 Å². The molecule has 41 heteroatoms. The fourth-order valence-corrected chi connectivity index (χ4v) is 10.5. The number of nitrogens with two attached hydrogens (primary N) is 4. The molecule has 8 heterocycles. The molecule has 3 aromatic carbocycles. The number of anilines is 1. The Kier molecular flexibility index (Phi) is 65.1. The molecule has 0 fully saturated rings. The molecule has 0 radical (unpaired) electrons. The van der Waals surface area contributed by atoms with Gasteiger partial charge < -0.3 is 24.4 Å². The maximum atomic E-state index is 13.5. The zero-order valence-corrected chi connectivity index (χ0v) is 92.7. The van der Waals surface area contributed by atoms with Crippen LogP contribution < -0.4 is 74.3 Å². The second kappa shape index (κ2) is 64.4. The van der Waals surface area contributed by atoms with Crippen LogP contribution in [0.2, 0.25) is 15.6 Å². The zero-order chi connectivity index (χ0) is 90.4. The fraction of sp³-hybridized carbons (Fsp3) is 0.265. The quantitative estimate of drug-likeness (QED) is 0.0244. The van der Waals surface area contributed by atoms with E-state index < -0.39 is 86.6 Å². The molecule has 0 bridgehead atoms. The monoisotopic (exact) mass is 1960 g/mol. The van der Waals surface area contributed by atoms with Gasteiger partial charge in [-0.05, 0) is 160 Å². The van der Waals surface area contributed by atoms with Crippen molar-refractivity contribution in [2.75, 3.05) is 5.73 Å². The number of nitrogen functional groups attached to an aromatic ring is 1. The number of pyridine rings is 4. The van der Waals surface area contributed by atoms with Gasteiger partial charge in [-0.3, -0.25) is 34.3 Å². The van der Waals surface area contributed by atoms with Crippen LogP contribution in [0.15, 0.2) is 171 Å². The van der Waals surface area contributed by atoms with E-state index in [-0.39, 0.29) is 135 Å². The Morgan fingerprint density at radius 1 is 0.411 bits per heavy atom. The molecule has 3 unspecified atom stereocenters. The normalized spacial score (nSPS) is 11.1. The summed E-state index contributed by atoms with van der Waals surface area (Å²) in [6, 6.07) is 35.8. The van der Waals surface area contributed by atoms with Crippen LogP contribution in [0.25, 0.3) is 0 Å². The second-order valence-corrected chi connectivity index (χ2v) is 25.9. The Balaban J connectivity index is -0.00000147. The van der Waals surface area contributed by atoms with Gasteiger partial charge in [0.25, 0.3) is 0 Å². The number of aryl methyl sites for hydroxylation is 6. The number of alkyl halides is 12. The van der Waals surface area contributed by atoms with Crippen molar-refractivity contribution in [3.8, 4) is 24.2 Å². The van der Waals surface area contributed by atoms with Crippen LogP contribution in [0.4, 0.5) is 58.4 Å². The summed E-state index contributed by atoms with van der Waals surface area (Å²) in [5.41, 5.74) is 27.5. The third-order valence-corrected chi connectivity index (χ3v) is 16.9. The van der Waals surface area contributed by atoms with Gasteiger partial charge in [0.15, 0.2) is 0 Å². The molecule has 0 spiro atoms. The Hall–Kier alpha value is -0.605. The van der Waals surface area contributed by atoms with E-state index in [9.17, 15) is 67.1 Å². The van der Waals surface area contributed by atoms with E-state index in [0.717, 1.165) is 74.2 Å². The summed E-state index contributed by atoms with van der Waals surface area (Å²) in [6.45, 7) is 12.5. The van der Waals surface area contributed by atoms with E-state index >= 15 is 0 Å². The fourth-order valence-electron chi connectivity index (χ4n) is 9.83. The number of carbonyl (C=O) groups excluding carboxylic acids is 3. The molecule has 0 aliphatic carbocycles. The number of rotatable bonds is 15. The first-order valence-electron chi connectivity index (χ1n) is 36.8. The van der Waals surface area contributed by atoms with E-state index in [2.05, 4.69) is 77.6 Å². The van der Waals surface area contributed by atoms with Gasteiger partial charge in [0.1, 0.15) is 50.2 Å². The van der Waals surface area contributed by atoms with Crippen LogP contribution in [-0.2, 0) is 71.2 Å². The molecule has 11 aromatic rings. The standard InChI is InChI=1S/C23H23F3N4O.C23H19F3N4O.C12H9ClF3N3.C11H11NO.C6H8N2.C5HCl2F3N2.3CH4.7K.H/c2*1-14-7-8-16(12-28-14)11-21-29-13-19(23(24,25)26)20(30-21)10-9-17-5-3-4-6-18(17)15(2)22(27)31;1-7-2-3-8(5-17-7)4-10-18-6-9(11(13)19-10)12(14,15)16;1-3-9-6-4-5-7-10(9)8(2)11(12)13;1-5-2-3-6(7)4-8-5;6-3-2(5(8,9)10)1-11-4(7)12-3;;;;;;;;;;;/h3-8,12-13,15H,9-11H2,1-2H3,(H2,27,31);3-8,12-13,15H,11H2,1-2H3,(H2,27,31);2-3,5-6H,4H2,1H3;1,4-8H,2H3,(H2,12,13);2-4H,7H2,1H3;1H;3*1H4;;;;;;;;/q;;;;;;;;;;;;;;;+1;-1. The predicted molar refractivity (Wildman–Crippen MR) is 461 cm³/mol. The van der Waals surface area contributed by atoms with E-state index in [1.807, 2.05) is 82.3 Å². The van der Waals surface area contributed by atoms with Crippen LogP contribution in [0, 0.1) is 51.9 Å². The Morgan fingerprint density at radius 3 is 1.12 bits per heavy atom. The summed E-state index contributed by atoms with van der Waals surface area (Å²) in [4.78, 5) is 80.2. The molecule has 11 rings (SSSR count). The number of amides is 3. The molecule has 124 heavy (non-hydrogen) atoms. The van der Waals surface area contributed by atoms with Gasteiger partial charge >= 0.3 is 266 Å². The third-order valence-electron chi connectivity index (χ3n) is 16.2. The molecule has 0 aliphatic heterocycles. The van der Waals surface area contributed by atoms with Gasteiger partial charge in [-0.2, -0.15) is 52.7 Å². The molecule has 3 atom stereocenters. The predicted octanol–water partition coefficient (Wildman–Crippen LogP) is 13.2. The van der Waals surface area contributed by atoms with E-state index in [4.69, 9.17) is 64.2 Å². The Bertz CT molecular complexity index is 5230. The summed E-state index contributed by atoms with van der Waals surface area (Å²) in [5.74, 6) is 5.58. The number of benzene rings is 3. The maximum absolute atomic E-state index is 13.5. The number of halogens is 15. The molecule has 0 saturated carbocycles. The van der Waals surface area contributed by atoms with Crippen molar-refractivity contribution in [2.24, 2.45) is 17.2 Å². The molecule has 19 nitrogen and oxygen atoms in total.